The molecule has 0 aliphatic carbocycles. The normalized spacial score (nSPS) is 12.8. The van der Waals surface area contributed by atoms with Crippen LogP contribution < -0.4 is 9.47 Å². The summed E-state index contributed by atoms with van der Waals surface area (Å²) in [5.41, 5.74) is 1.15. The second-order valence-electron chi connectivity index (χ2n) is 6.47. The molecule has 0 unspecified atom stereocenters. The van der Waals surface area contributed by atoms with Gasteiger partial charge in [0.15, 0.2) is 11.6 Å². The Morgan fingerprint density at radius 3 is 1.37 bits per heavy atom. The van der Waals surface area contributed by atoms with Gasteiger partial charge in [-0.15, -0.1) is 0 Å². The number of carbonyl (C=O) groups is 2. The van der Waals surface area contributed by atoms with Gasteiger partial charge < -0.3 is 19.7 Å². The average Bonchev–Trinajstić information content (AvgIpc) is 2.78. The van der Waals surface area contributed by atoms with Crippen LogP contribution in [0.3, 0.4) is 0 Å². The van der Waals surface area contributed by atoms with Gasteiger partial charge in [-0.05, 0) is 48.5 Å². The predicted octanol–water partition coefficient (Wildman–Crippen LogP) is 2.96. The molecule has 0 aromatic heterocycles. The summed E-state index contributed by atoms with van der Waals surface area (Å²) in [6, 6.07) is 13.7. The fourth-order valence-electron chi connectivity index (χ4n) is 2.49. The third-order valence-corrected chi connectivity index (χ3v) is 6.40. The molecule has 2 aromatic carbocycles. The average molecular weight is 451 g/mol. The van der Waals surface area contributed by atoms with E-state index in [9.17, 15) is 19.8 Å². The summed E-state index contributed by atoms with van der Waals surface area (Å²) in [5, 5.41) is 20.2. The zero-order valence-electron chi connectivity index (χ0n) is 16.9. The monoisotopic (exact) mass is 450 g/mol. The van der Waals surface area contributed by atoms with Gasteiger partial charge in [-0.25, -0.2) is 0 Å². The Morgan fingerprint density at radius 1 is 0.733 bits per heavy atom. The van der Waals surface area contributed by atoms with E-state index in [4.69, 9.17) is 9.47 Å². The van der Waals surface area contributed by atoms with Crippen LogP contribution in [-0.2, 0) is 0 Å². The summed E-state index contributed by atoms with van der Waals surface area (Å²) >= 11 is 2.53. The van der Waals surface area contributed by atoms with Gasteiger partial charge in [-0.3, -0.25) is 9.59 Å². The van der Waals surface area contributed by atoms with Crippen LogP contribution in [0, 0.1) is 0 Å². The lowest BCUT2D eigenvalue weighted by Gasteiger charge is -2.17. The largest absolute Gasteiger partial charge is 0.497 e. The predicted molar refractivity (Wildman–Crippen MR) is 121 cm³/mol. The number of carbonyl (C=O) groups excluding carboxylic acids is 2. The van der Waals surface area contributed by atoms with E-state index < -0.39 is 12.2 Å². The molecule has 2 rings (SSSR count). The maximum Gasteiger partial charge on any atom is 0.172 e. The standard InChI is InChI=1S/C22H26O6S2/c1-27-17-7-3-15(4-8-17)19(23)11-29-13-21(25)22(26)14-30-12-20(24)16-5-9-18(28-2)10-6-16/h3-10,21-22,25-26H,11-14H2,1-2H3/t21-,22-/m0/s1. The highest BCUT2D eigenvalue weighted by molar-refractivity contribution is 8.00. The number of hydrogen-bond acceptors (Lipinski definition) is 8. The van der Waals surface area contributed by atoms with Crippen LogP contribution >= 0.6 is 23.5 Å². The SMILES string of the molecule is COc1ccc(C(=O)CSC[C@H](O)[C@@H](O)CSCC(=O)c2ccc(OC)cc2)cc1. The fraction of sp³-hybridized carbons (Fsp3) is 0.364. The molecule has 0 saturated carbocycles. The van der Waals surface area contributed by atoms with Crippen molar-refractivity contribution in [2.45, 2.75) is 12.2 Å². The zero-order valence-corrected chi connectivity index (χ0v) is 18.6. The van der Waals surface area contributed by atoms with Gasteiger partial charge in [0.25, 0.3) is 0 Å². The van der Waals surface area contributed by atoms with E-state index >= 15 is 0 Å². The highest BCUT2D eigenvalue weighted by atomic mass is 32.2. The lowest BCUT2D eigenvalue weighted by atomic mass is 10.1. The summed E-state index contributed by atoms with van der Waals surface area (Å²) in [6.45, 7) is 0. The number of hydrogen-bond donors (Lipinski definition) is 2. The van der Waals surface area contributed by atoms with Gasteiger partial charge >= 0.3 is 0 Å². The first-order valence-electron chi connectivity index (χ1n) is 9.30. The minimum absolute atomic E-state index is 0.0520. The Balaban J connectivity index is 1.66. The van der Waals surface area contributed by atoms with Crippen molar-refractivity contribution in [2.24, 2.45) is 0 Å². The molecule has 0 bridgehead atoms. The molecule has 0 radical (unpaired) electrons. The summed E-state index contributed by atoms with van der Waals surface area (Å²) in [7, 11) is 3.12. The lowest BCUT2D eigenvalue weighted by Crippen LogP contribution is -2.31. The Labute approximate surface area is 185 Å². The fourth-order valence-corrected chi connectivity index (χ4v) is 4.35. The second-order valence-corrected chi connectivity index (χ2v) is 8.53. The molecule has 0 spiro atoms. The van der Waals surface area contributed by atoms with Crippen molar-refractivity contribution in [1.29, 1.82) is 0 Å². The third-order valence-electron chi connectivity index (χ3n) is 4.31. The summed E-state index contributed by atoms with van der Waals surface area (Å²) in [6.07, 6.45) is -1.94. The zero-order chi connectivity index (χ0) is 21.9. The molecule has 2 atom stereocenters. The van der Waals surface area contributed by atoms with Crippen molar-refractivity contribution >= 4 is 35.1 Å². The first kappa shape index (κ1) is 24.3. The summed E-state index contributed by atoms with van der Waals surface area (Å²) in [4.78, 5) is 24.3. The van der Waals surface area contributed by atoms with Crippen LogP contribution in [0.5, 0.6) is 11.5 Å². The molecule has 0 aliphatic heterocycles. The lowest BCUT2D eigenvalue weighted by molar-refractivity contribution is 0.0500. The van der Waals surface area contributed by atoms with Crippen LogP contribution in [0.1, 0.15) is 20.7 Å². The smallest absolute Gasteiger partial charge is 0.172 e. The summed E-state index contributed by atoms with van der Waals surface area (Å²) < 4.78 is 10.1. The minimum Gasteiger partial charge on any atom is -0.497 e. The third kappa shape index (κ3) is 7.68. The van der Waals surface area contributed by atoms with Crippen LogP contribution in [-0.4, -0.2) is 71.2 Å². The highest BCUT2D eigenvalue weighted by Crippen LogP contribution is 2.17. The molecule has 30 heavy (non-hydrogen) atoms. The van der Waals surface area contributed by atoms with E-state index in [1.54, 1.807) is 62.8 Å². The van der Waals surface area contributed by atoms with E-state index in [2.05, 4.69) is 0 Å². The minimum atomic E-state index is -0.970. The van der Waals surface area contributed by atoms with Crippen LogP contribution in [0.25, 0.3) is 0 Å². The number of methoxy groups -OCH3 is 2. The molecular formula is C22H26O6S2. The maximum absolute atomic E-state index is 12.2. The molecule has 2 N–H and O–H groups in total. The van der Waals surface area contributed by atoms with Gasteiger partial charge in [0.05, 0.1) is 37.9 Å². The van der Waals surface area contributed by atoms with Gasteiger partial charge in [0.2, 0.25) is 0 Å². The highest BCUT2D eigenvalue weighted by Gasteiger charge is 2.18. The van der Waals surface area contributed by atoms with Crippen LogP contribution in [0.15, 0.2) is 48.5 Å². The van der Waals surface area contributed by atoms with Crippen molar-refractivity contribution in [3.63, 3.8) is 0 Å². The molecule has 0 heterocycles. The topological polar surface area (TPSA) is 93.1 Å². The molecule has 0 fully saturated rings. The van der Waals surface area contributed by atoms with E-state index in [1.165, 1.54) is 23.5 Å². The van der Waals surface area contributed by atoms with Crippen molar-refractivity contribution in [1.82, 2.24) is 0 Å². The van der Waals surface area contributed by atoms with Crippen molar-refractivity contribution in [3.8, 4) is 11.5 Å². The number of aliphatic hydroxyl groups is 2. The van der Waals surface area contributed by atoms with Crippen LogP contribution in [0.2, 0.25) is 0 Å². The molecule has 162 valence electrons. The molecular weight excluding hydrogens is 424 g/mol. The molecule has 0 amide bonds. The van der Waals surface area contributed by atoms with Gasteiger partial charge in [-0.2, -0.15) is 23.5 Å². The Kier molecular flexibility index (Phi) is 10.2. The molecule has 8 heteroatoms. The van der Waals surface area contributed by atoms with Gasteiger partial charge in [0.1, 0.15) is 11.5 Å². The number of ether oxygens (including phenoxy) is 2. The van der Waals surface area contributed by atoms with E-state index in [0.29, 0.717) is 22.6 Å². The van der Waals surface area contributed by atoms with Crippen LogP contribution in [0.4, 0.5) is 0 Å². The van der Waals surface area contributed by atoms with Gasteiger partial charge in [0, 0.05) is 22.6 Å². The summed E-state index contributed by atoms with van der Waals surface area (Å²) in [5.74, 6) is 2.14. The number of rotatable bonds is 13. The Bertz CT molecular complexity index is 738. The van der Waals surface area contributed by atoms with E-state index in [0.717, 1.165) is 0 Å². The van der Waals surface area contributed by atoms with E-state index in [-0.39, 0.29) is 34.6 Å². The van der Waals surface area contributed by atoms with Gasteiger partial charge in [-0.1, -0.05) is 0 Å². The molecule has 0 saturated heterocycles. The Morgan fingerprint density at radius 2 is 1.07 bits per heavy atom. The number of ketones is 2. The quantitative estimate of drug-likeness (QED) is 0.450. The van der Waals surface area contributed by atoms with Crippen molar-refractivity contribution in [3.05, 3.63) is 59.7 Å². The second kappa shape index (κ2) is 12.6. The Hall–Kier alpha value is -2.00. The number of aliphatic hydroxyl groups excluding tert-OH is 2. The maximum atomic E-state index is 12.2. The number of benzene rings is 2. The first-order chi connectivity index (χ1) is 14.4. The van der Waals surface area contributed by atoms with E-state index in [1.807, 2.05) is 0 Å². The molecule has 2 aromatic rings. The number of thioether (sulfide) groups is 2. The van der Waals surface area contributed by atoms with Crippen molar-refractivity contribution < 1.29 is 29.3 Å². The molecule has 6 nitrogen and oxygen atoms in total. The number of Topliss-reactive ketones (excluding diaryl/α,β-unsaturated/α-hetero) is 2. The first-order valence-corrected chi connectivity index (χ1v) is 11.6. The molecule has 0 aliphatic rings. The van der Waals surface area contributed by atoms with Crippen molar-refractivity contribution in [2.75, 3.05) is 37.2 Å².